The Morgan fingerprint density at radius 3 is 2.12 bits per heavy atom. The van der Waals surface area contributed by atoms with Crippen molar-refractivity contribution in [2.45, 2.75) is 102 Å². The molecule has 1 saturated heterocycles. The van der Waals surface area contributed by atoms with E-state index >= 15 is 0 Å². The van der Waals surface area contributed by atoms with Gasteiger partial charge in [0.25, 0.3) is 5.56 Å². The van der Waals surface area contributed by atoms with Gasteiger partial charge >= 0.3 is 5.69 Å². The minimum absolute atomic E-state index is 0.0143. The number of hydrogen-bond donors (Lipinski definition) is 1. The molecule has 0 aliphatic carbocycles. The van der Waals surface area contributed by atoms with Gasteiger partial charge in [0.05, 0.1) is 6.61 Å². The summed E-state index contributed by atoms with van der Waals surface area (Å²) in [6.45, 7) is 21.7. The number of aromatic amines is 1. The number of nitrogens with zero attached hydrogens (tertiary/aromatic N) is 1. The Kier molecular flexibility index (Phi) is 7.98. The number of aromatic nitrogens is 2. The minimum atomic E-state index is -2.31. The second-order valence-electron chi connectivity index (χ2n) is 11.7. The summed E-state index contributed by atoms with van der Waals surface area (Å²) in [5, 5.41) is -0.0791. The van der Waals surface area contributed by atoms with Gasteiger partial charge in [0.1, 0.15) is 18.3 Å². The summed E-state index contributed by atoms with van der Waals surface area (Å²) < 4.78 is 26.5. The highest BCUT2D eigenvalue weighted by atomic mass is 28.4. The van der Waals surface area contributed by atoms with E-state index < -0.39 is 52.4 Å². The van der Waals surface area contributed by atoms with E-state index in [0.717, 1.165) is 0 Å². The molecule has 0 bridgehead atoms. The summed E-state index contributed by atoms with van der Waals surface area (Å²) in [7, 11) is -4.39. The molecule has 1 unspecified atom stereocenters. The number of H-pyrrole nitrogens is 1. The molecule has 4 atom stereocenters. The molecular weight excluding hydrogens is 456 g/mol. The van der Waals surface area contributed by atoms with E-state index in [-0.39, 0.29) is 16.7 Å². The Balaban J connectivity index is 2.48. The Morgan fingerprint density at radius 2 is 1.64 bits per heavy atom. The zero-order valence-corrected chi connectivity index (χ0v) is 23.6. The first-order valence-electron chi connectivity index (χ1n) is 11.3. The monoisotopic (exact) mass is 496 g/mol. The van der Waals surface area contributed by atoms with Crippen LogP contribution >= 0.6 is 0 Å². The summed E-state index contributed by atoms with van der Waals surface area (Å²) in [4.78, 5) is 26.6. The highest BCUT2D eigenvalue weighted by Gasteiger charge is 2.53. The maximum atomic E-state index is 12.6. The fourth-order valence-corrected chi connectivity index (χ4v) is 5.36. The molecule has 8 nitrogen and oxygen atoms in total. The molecule has 0 aromatic carbocycles. The second kappa shape index (κ2) is 9.54. The third-order valence-electron chi connectivity index (χ3n) is 7.27. The lowest BCUT2D eigenvalue weighted by atomic mass is 10.1. The van der Waals surface area contributed by atoms with Crippen LogP contribution in [-0.4, -0.2) is 51.1 Å². The van der Waals surface area contributed by atoms with E-state index in [0.29, 0.717) is 0 Å². The average molecular weight is 497 g/mol. The van der Waals surface area contributed by atoms with Crippen LogP contribution < -0.4 is 11.2 Å². The fraction of sp³-hybridized carbons (Fsp3) is 0.739. The van der Waals surface area contributed by atoms with Gasteiger partial charge in [-0.15, -0.1) is 0 Å². The van der Waals surface area contributed by atoms with Crippen LogP contribution in [0.2, 0.25) is 36.3 Å². The Morgan fingerprint density at radius 1 is 1.06 bits per heavy atom. The summed E-state index contributed by atoms with van der Waals surface area (Å²) in [6, 6.07) is 1.28. The maximum Gasteiger partial charge on any atom is 0.330 e. The molecule has 2 rings (SSSR count). The van der Waals surface area contributed by atoms with Crippen molar-refractivity contribution in [2.24, 2.45) is 0 Å². The van der Waals surface area contributed by atoms with Crippen LogP contribution in [0, 0.1) is 12.5 Å². The van der Waals surface area contributed by atoms with Crippen molar-refractivity contribution < 1.29 is 18.3 Å². The first-order valence-corrected chi connectivity index (χ1v) is 17.1. The van der Waals surface area contributed by atoms with Crippen LogP contribution in [0.15, 0.2) is 21.9 Å². The number of ether oxygens (including phenoxy) is 2. The van der Waals surface area contributed by atoms with Gasteiger partial charge in [0, 0.05) is 12.3 Å². The quantitative estimate of drug-likeness (QED) is 0.456. The standard InChI is InChI=1S/C23H40N2O6Si2/c1-12-28-18-16(15-29-32(8,9)22(2,3)4)30-20(25-14-13-17(26)24-21(25)27)19(18)31-33(10,11)23(5,6)7/h1,13-14,16,18-20H,15H2,2-11H3,(H,24,26,27)/t16-,18+,19?,20-/m1/s1. The molecule has 2 heterocycles. The number of nitrogens with one attached hydrogen (secondary N) is 1. The van der Waals surface area contributed by atoms with Crippen molar-refractivity contribution in [1.29, 1.82) is 0 Å². The normalized spacial score (nSPS) is 24.5. The maximum absolute atomic E-state index is 12.6. The lowest BCUT2D eigenvalue weighted by molar-refractivity contribution is -0.0514. The van der Waals surface area contributed by atoms with Crippen LogP contribution in [0.4, 0.5) is 0 Å². The van der Waals surface area contributed by atoms with Gasteiger partial charge in [-0.05, 0) is 36.3 Å². The summed E-state index contributed by atoms with van der Waals surface area (Å²) in [5.74, 6) is 0. The molecule has 1 aliphatic rings. The van der Waals surface area contributed by atoms with E-state index in [1.807, 2.05) is 0 Å². The molecule has 0 spiro atoms. The van der Waals surface area contributed by atoms with Crippen LogP contribution in [0.25, 0.3) is 0 Å². The lowest BCUT2D eigenvalue weighted by Gasteiger charge is -2.40. The molecule has 10 heteroatoms. The summed E-state index contributed by atoms with van der Waals surface area (Å²) >= 11 is 0. The lowest BCUT2D eigenvalue weighted by Crippen LogP contribution is -2.50. The third-order valence-corrected chi connectivity index (χ3v) is 16.2. The number of rotatable bonds is 7. The van der Waals surface area contributed by atoms with E-state index in [1.165, 1.54) is 16.8 Å². The zero-order valence-electron chi connectivity index (χ0n) is 21.6. The van der Waals surface area contributed by atoms with Crippen LogP contribution in [0.3, 0.4) is 0 Å². The fourth-order valence-electron chi connectivity index (χ4n) is 3.06. The molecule has 186 valence electrons. The molecule has 0 saturated carbocycles. The summed E-state index contributed by atoms with van der Waals surface area (Å²) in [6.07, 6.45) is 6.58. The van der Waals surface area contributed by atoms with Crippen molar-refractivity contribution in [3.8, 4) is 12.5 Å². The van der Waals surface area contributed by atoms with Crippen molar-refractivity contribution in [3.05, 3.63) is 33.1 Å². The predicted molar refractivity (Wildman–Crippen MR) is 134 cm³/mol. The van der Waals surface area contributed by atoms with Crippen molar-refractivity contribution in [1.82, 2.24) is 9.55 Å². The van der Waals surface area contributed by atoms with Crippen molar-refractivity contribution >= 4 is 16.6 Å². The first-order chi connectivity index (χ1) is 14.9. The van der Waals surface area contributed by atoms with E-state index in [4.69, 9.17) is 24.7 Å². The Bertz CT molecular complexity index is 981. The van der Waals surface area contributed by atoms with Crippen LogP contribution in [0.1, 0.15) is 47.8 Å². The molecule has 1 aromatic heterocycles. The highest BCUT2D eigenvalue weighted by molar-refractivity contribution is 6.74. The smallest absolute Gasteiger partial charge is 0.330 e. The average Bonchev–Trinajstić information content (AvgIpc) is 2.95. The van der Waals surface area contributed by atoms with E-state index in [2.05, 4.69) is 78.8 Å². The van der Waals surface area contributed by atoms with Gasteiger partial charge in [0.2, 0.25) is 0 Å². The topological polar surface area (TPSA) is 91.8 Å². The van der Waals surface area contributed by atoms with E-state index in [9.17, 15) is 9.59 Å². The molecule has 1 N–H and O–H groups in total. The molecule has 1 aromatic rings. The second-order valence-corrected chi connectivity index (χ2v) is 21.3. The minimum Gasteiger partial charge on any atom is -0.438 e. The largest absolute Gasteiger partial charge is 0.438 e. The van der Waals surface area contributed by atoms with Gasteiger partial charge in [0.15, 0.2) is 29.0 Å². The van der Waals surface area contributed by atoms with Crippen LogP contribution in [-0.2, 0) is 18.3 Å². The molecule has 1 fully saturated rings. The number of terminal acetylenes is 1. The van der Waals surface area contributed by atoms with Gasteiger partial charge in [-0.3, -0.25) is 14.3 Å². The van der Waals surface area contributed by atoms with Crippen molar-refractivity contribution in [2.75, 3.05) is 6.61 Å². The highest BCUT2D eigenvalue weighted by Crippen LogP contribution is 2.43. The molecule has 1 aliphatic heterocycles. The summed E-state index contributed by atoms with van der Waals surface area (Å²) in [5.41, 5.74) is -1.06. The third kappa shape index (κ3) is 6.08. The molecule has 0 radical (unpaired) electrons. The van der Waals surface area contributed by atoms with Gasteiger partial charge < -0.3 is 18.3 Å². The van der Waals surface area contributed by atoms with Gasteiger partial charge in [-0.1, -0.05) is 48.0 Å². The van der Waals surface area contributed by atoms with Gasteiger partial charge in [-0.2, -0.15) is 0 Å². The van der Waals surface area contributed by atoms with Crippen molar-refractivity contribution in [3.63, 3.8) is 0 Å². The predicted octanol–water partition coefficient (Wildman–Crippen LogP) is 3.82. The Hall–Kier alpha value is -1.65. The molecular formula is C23H40N2O6Si2. The molecule has 33 heavy (non-hydrogen) atoms. The zero-order chi connectivity index (χ0) is 25.4. The number of hydrogen-bond acceptors (Lipinski definition) is 6. The SMILES string of the molecule is C#CO[C@@H]1C(O[Si](C)(C)C(C)(C)C)[C@H](n2ccc(=O)[nH]c2=O)O[C@@H]1CO[Si](C)(C)C(C)(C)C. The first kappa shape index (κ1) is 27.6. The van der Waals surface area contributed by atoms with Gasteiger partial charge in [-0.25, -0.2) is 4.79 Å². The van der Waals surface area contributed by atoms with Crippen LogP contribution in [0.5, 0.6) is 0 Å². The molecule has 0 amide bonds. The Labute approximate surface area is 199 Å². The van der Waals surface area contributed by atoms with E-state index in [1.54, 1.807) is 0 Å².